The van der Waals surface area contributed by atoms with Crippen LogP contribution in [0.15, 0.2) is 34.9 Å². The highest BCUT2D eigenvalue weighted by molar-refractivity contribution is 9.10. The van der Waals surface area contributed by atoms with Gasteiger partial charge >= 0.3 is 0 Å². The van der Waals surface area contributed by atoms with Crippen LogP contribution in [0.3, 0.4) is 0 Å². The van der Waals surface area contributed by atoms with E-state index in [0.29, 0.717) is 6.54 Å². The first-order valence-electron chi connectivity index (χ1n) is 7.62. The molecule has 0 saturated carbocycles. The molecule has 22 heavy (non-hydrogen) atoms. The van der Waals surface area contributed by atoms with Crippen molar-refractivity contribution in [2.75, 3.05) is 13.1 Å². The number of nitrogens with one attached hydrogen (secondary N) is 1. The largest absolute Gasteiger partial charge is 0.361 e. The van der Waals surface area contributed by atoms with Gasteiger partial charge < -0.3 is 9.88 Å². The minimum Gasteiger partial charge on any atom is -0.361 e. The highest BCUT2D eigenvalue weighted by Crippen LogP contribution is 2.31. The van der Waals surface area contributed by atoms with Crippen molar-refractivity contribution in [2.45, 2.75) is 27.2 Å². The predicted octanol–water partition coefficient (Wildman–Crippen LogP) is 4.59. The van der Waals surface area contributed by atoms with E-state index in [2.05, 4.69) is 45.3 Å². The molecule has 3 rings (SSSR count). The lowest BCUT2D eigenvalue weighted by Gasteiger charge is -2.32. The lowest BCUT2D eigenvalue weighted by Crippen LogP contribution is -2.41. The Bertz CT molecular complexity index is 752. The number of fused-ring (bicyclic) bond motifs is 1. The summed E-state index contributed by atoms with van der Waals surface area (Å²) in [7, 11) is 0. The molecule has 1 aliphatic heterocycles. The molecule has 2 heterocycles. The van der Waals surface area contributed by atoms with Crippen LogP contribution >= 0.6 is 15.9 Å². The summed E-state index contributed by atoms with van der Waals surface area (Å²) >= 11 is 3.54. The van der Waals surface area contributed by atoms with Gasteiger partial charge in [-0.05, 0) is 30.2 Å². The number of carbonyl (C=O) groups is 1. The molecule has 0 aliphatic carbocycles. The van der Waals surface area contributed by atoms with Crippen molar-refractivity contribution in [3.8, 4) is 0 Å². The maximum Gasteiger partial charge on any atom is 0.228 e. The van der Waals surface area contributed by atoms with E-state index in [-0.39, 0.29) is 11.3 Å². The first-order valence-corrected chi connectivity index (χ1v) is 8.41. The fraction of sp³-hybridized carbons (Fsp3) is 0.389. The summed E-state index contributed by atoms with van der Waals surface area (Å²) in [6.07, 6.45) is 5.17. The first kappa shape index (κ1) is 15.3. The molecular weight excluding hydrogens is 340 g/mol. The number of halogens is 1. The molecule has 116 valence electrons. The zero-order chi connectivity index (χ0) is 15.9. The van der Waals surface area contributed by atoms with Gasteiger partial charge in [-0.2, -0.15) is 0 Å². The van der Waals surface area contributed by atoms with Crippen LogP contribution in [0.1, 0.15) is 32.8 Å². The summed E-state index contributed by atoms with van der Waals surface area (Å²) in [6.45, 7) is 7.43. The summed E-state index contributed by atoms with van der Waals surface area (Å²) in [5, 5.41) is 1.23. The van der Waals surface area contributed by atoms with Crippen LogP contribution in [0.5, 0.6) is 0 Å². The third kappa shape index (κ3) is 2.84. The summed E-state index contributed by atoms with van der Waals surface area (Å²) in [4.78, 5) is 17.6. The number of rotatable bonds is 1. The van der Waals surface area contributed by atoms with Crippen LogP contribution in [-0.4, -0.2) is 28.9 Å². The van der Waals surface area contributed by atoms with Crippen LogP contribution in [0.25, 0.3) is 16.5 Å². The summed E-state index contributed by atoms with van der Waals surface area (Å²) in [5.41, 5.74) is 3.41. The normalized spacial score (nSPS) is 16.0. The number of aromatic nitrogens is 1. The van der Waals surface area contributed by atoms with Crippen molar-refractivity contribution >= 4 is 38.3 Å². The third-order valence-corrected chi connectivity index (χ3v) is 4.62. The van der Waals surface area contributed by atoms with Gasteiger partial charge in [-0.25, -0.2) is 0 Å². The maximum absolute atomic E-state index is 12.4. The van der Waals surface area contributed by atoms with Crippen LogP contribution in [0.4, 0.5) is 0 Å². The molecule has 0 spiro atoms. The van der Waals surface area contributed by atoms with Crippen LogP contribution < -0.4 is 0 Å². The van der Waals surface area contributed by atoms with Crippen molar-refractivity contribution in [3.63, 3.8) is 0 Å². The highest BCUT2D eigenvalue weighted by atomic mass is 79.9. The fourth-order valence-electron chi connectivity index (χ4n) is 2.93. The Morgan fingerprint density at radius 1 is 1.32 bits per heavy atom. The molecule has 0 radical (unpaired) electrons. The van der Waals surface area contributed by atoms with E-state index in [9.17, 15) is 4.79 Å². The molecule has 0 fully saturated rings. The molecule has 1 aromatic carbocycles. The number of hydrogen-bond acceptors (Lipinski definition) is 1. The average Bonchev–Trinajstić information content (AvgIpc) is 2.88. The zero-order valence-electron chi connectivity index (χ0n) is 13.2. The third-order valence-electron chi connectivity index (χ3n) is 4.13. The molecule has 2 aromatic rings. The second-order valence-electron chi connectivity index (χ2n) is 6.87. The maximum atomic E-state index is 12.4. The lowest BCUT2D eigenvalue weighted by atomic mass is 9.92. The predicted molar refractivity (Wildman–Crippen MR) is 94.6 cm³/mol. The second kappa shape index (κ2) is 5.58. The van der Waals surface area contributed by atoms with Crippen molar-refractivity contribution in [1.29, 1.82) is 0 Å². The number of carbonyl (C=O) groups excluding carboxylic acids is 1. The topological polar surface area (TPSA) is 36.1 Å². The quantitative estimate of drug-likeness (QED) is 0.792. The first-order chi connectivity index (χ1) is 10.4. The van der Waals surface area contributed by atoms with Gasteiger partial charge in [0.1, 0.15) is 0 Å². The minimum absolute atomic E-state index is 0.226. The number of aromatic amines is 1. The van der Waals surface area contributed by atoms with E-state index in [1.165, 1.54) is 16.5 Å². The lowest BCUT2D eigenvalue weighted by molar-refractivity contribution is -0.138. The number of amides is 1. The van der Waals surface area contributed by atoms with Crippen LogP contribution in [0.2, 0.25) is 0 Å². The molecule has 0 unspecified atom stereocenters. The Labute approximate surface area is 139 Å². The van der Waals surface area contributed by atoms with Gasteiger partial charge in [-0.3, -0.25) is 4.79 Å². The van der Waals surface area contributed by atoms with Crippen LogP contribution in [0, 0.1) is 5.41 Å². The summed E-state index contributed by atoms with van der Waals surface area (Å²) in [6, 6.07) is 6.28. The molecular formula is C18H21BrN2O. The Morgan fingerprint density at radius 3 is 2.73 bits per heavy atom. The van der Waals surface area contributed by atoms with Gasteiger partial charge in [0, 0.05) is 45.6 Å². The van der Waals surface area contributed by atoms with Crippen molar-refractivity contribution in [3.05, 3.63) is 40.5 Å². The molecule has 1 amide bonds. The molecule has 4 heteroatoms. The molecule has 0 bridgehead atoms. The van der Waals surface area contributed by atoms with Gasteiger partial charge in [0.05, 0.1) is 0 Å². The monoisotopic (exact) mass is 360 g/mol. The van der Waals surface area contributed by atoms with E-state index in [0.717, 1.165) is 23.0 Å². The van der Waals surface area contributed by atoms with Gasteiger partial charge in [0.15, 0.2) is 0 Å². The van der Waals surface area contributed by atoms with Gasteiger partial charge in [-0.1, -0.05) is 42.8 Å². The van der Waals surface area contributed by atoms with Gasteiger partial charge in [0.25, 0.3) is 0 Å². The SMILES string of the molecule is CC(C)(C)C(=O)N1CC=C(c2c[nH]c3ccc(Br)cc23)CC1. The van der Waals surface area contributed by atoms with E-state index in [1.54, 1.807) is 0 Å². The molecule has 1 aromatic heterocycles. The number of H-pyrrole nitrogens is 1. The smallest absolute Gasteiger partial charge is 0.228 e. The number of nitrogens with zero attached hydrogens (tertiary/aromatic N) is 1. The Hall–Kier alpha value is -1.55. The molecule has 3 nitrogen and oxygen atoms in total. The number of benzene rings is 1. The van der Waals surface area contributed by atoms with E-state index < -0.39 is 0 Å². The summed E-state index contributed by atoms with van der Waals surface area (Å²) < 4.78 is 1.08. The molecule has 1 aliphatic rings. The molecule has 0 atom stereocenters. The second-order valence-corrected chi connectivity index (χ2v) is 7.79. The average molecular weight is 361 g/mol. The van der Waals surface area contributed by atoms with Crippen molar-refractivity contribution in [2.24, 2.45) is 5.41 Å². The Balaban J connectivity index is 1.86. The molecule has 1 N–H and O–H groups in total. The van der Waals surface area contributed by atoms with Crippen molar-refractivity contribution < 1.29 is 4.79 Å². The van der Waals surface area contributed by atoms with Crippen molar-refractivity contribution in [1.82, 2.24) is 9.88 Å². The Kier molecular flexibility index (Phi) is 3.89. The van der Waals surface area contributed by atoms with Gasteiger partial charge in [0.2, 0.25) is 5.91 Å². The van der Waals surface area contributed by atoms with Gasteiger partial charge in [-0.15, -0.1) is 0 Å². The van der Waals surface area contributed by atoms with E-state index in [1.807, 2.05) is 31.7 Å². The molecule has 0 saturated heterocycles. The zero-order valence-corrected chi connectivity index (χ0v) is 14.8. The fourth-order valence-corrected chi connectivity index (χ4v) is 3.29. The van der Waals surface area contributed by atoms with Crippen LogP contribution in [-0.2, 0) is 4.79 Å². The van der Waals surface area contributed by atoms with E-state index >= 15 is 0 Å². The summed E-state index contributed by atoms with van der Waals surface area (Å²) in [5.74, 6) is 0.226. The Morgan fingerprint density at radius 2 is 2.09 bits per heavy atom. The number of hydrogen-bond donors (Lipinski definition) is 1. The standard InChI is InChI=1S/C18H21BrN2O/c1-18(2,3)17(22)21-8-6-12(7-9-21)15-11-20-16-5-4-13(19)10-14(15)16/h4-6,10-11,20H,7-9H2,1-3H3. The highest BCUT2D eigenvalue weighted by Gasteiger charge is 2.28. The van der Waals surface area contributed by atoms with E-state index in [4.69, 9.17) is 0 Å². The minimum atomic E-state index is -0.309.